The molecule has 0 aliphatic rings. The van der Waals surface area contributed by atoms with Gasteiger partial charge in [-0.15, -0.1) is 11.3 Å². The number of fused-ring (bicyclic) bond motifs is 1. The Morgan fingerprint density at radius 3 is 2.62 bits per heavy atom. The standard InChI is InChI=1S/C18H10FN3O3S/c19-13-6-4-11(5-7-13)17-15(9-23)21-16(10-26-18(21)20-17)12-2-1-3-14(8-12)22(24)25/h1-10H. The first kappa shape index (κ1) is 16.1. The number of carbonyl (C=O) groups is 1. The molecule has 26 heavy (non-hydrogen) atoms. The number of rotatable bonds is 4. The first-order valence-electron chi connectivity index (χ1n) is 7.54. The van der Waals surface area contributed by atoms with Gasteiger partial charge in [-0.2, -0.15) is 0 Å². The fourth-order valence-electron chi connectivity index (χ4n) is 2.79. The number of benzene rings is 2. The SMILES string of the molecule is O=Cc1c(-c2ccc(F)cc2)nc2scc(-c3cccc([N+](=O)[O-])c3)n12. The molecule has 0 radical (unpaired) electrons. The van der Waals surface area contributed by atoms with E-state index in [4.69, 9.17) is 0 Å². The van der Waals surface area contributed by atoms with E-state index >= 15 is 0 Å². The molecule has 2 aromatic carbocycles. The Morgan fingerprint density at radius 1 is 1.15 bits per heavy atom. The van der Waals surface area contributed by atoms with Gasteiger partial charge < -0.3 is 0 Å². The second kappa shape index (κ2) is 6.16. The van der Waals surface area contributed by atoms with E-state index in [1.165, 1.54) is 35.6 Å². The predicted octanol–water partition coefficient (Wildman–Crippen LogP) is 4.59. The van der Waals surface area contributed by atoms with E-state index in [0.29, 0.717) is 39.5 Å². The lowest BCUT2D eigenvalue weighted by molar-refractivity contribution is -0.384. The lowest BCUT2D eigenvalue weighted by atomic mass is 10.1. The molecule has 0 amide bonds. The van der Waals surface area contributed by atoms with Crippen molar-refractivity contribution >= 4 is 28.3 Å². The van der Waals surface area contributed by atoms with Crippen LogP contribution in [0.2, 0.25) is 0 Å². The Kier molecular flexibility index (Phi) is 3.81. The molecule has 0 saturated heterocycles. The maximum Gasteiger partial charge on any atom is 0.270 e. The predicted molar refractivity (Wildman–Crippen MR) is 95.9 cm³/mol. The van der Waals surface area contributed by atoms with Crippen molar-refractivity contribution in [3.05, 3.63) is 75.5 Å². The van der Waals surface area contributed by atoms with Crippen LogP contribution >= 0.6 is 11.3 Å². The van der Waals surface area contributed by atoms with Crippen LogP contribution in [0.1, 0.15) is 10.5 Å². The van der Waals surface area contributed by atoms with Gasteiger partial charge in [0, 0.05) is 28.6 Å². The number of nitro groups is 1. The second-order valence-corrected chi connectivity index (χ2v) is 6.35. The second-order valence-electron chi connectivity index (χ2n) is 5.52. The van der Waals surface area contributed by atoms with Crippen molar-refractivity contribution < 1.29 is 14.1 Å². The number of non-ortho nitro benzene ring substituents is 1. The van der Waals surface area contributed by atoms with Crippen LogP contribution < -0.4 is 0 Å². The number of imidazole rings is 1. The Morgan fingerprint density at radius 2 is 1.92 bits per heavy atom. The maximum atomic E-state index is 13.2. The number of nitrogens with zero attached hydrogens (tertiary/aromatic N) is 3. The molecule has 6 nitrogen and oxygen atoms in total. The van der Waals surface area contributed by atoms with E-state index in [2.05, 4.69) is 4.98 Å². The van der Waals surface area contributed by atoms with E-state index in [1.807, 2.05) is 0 Å². The molecule has 0 bridgehead atoms. The van der Waals surface area contributed by atoms with Crippen molar-refractivity contribution in [1.29, 1.82) is 0 Å². The fraction of sp³-hybridized carbons (Fsp3) is 0. The van der Waals surface area contributed by atoms with Crippen molar-refractivity contribution in [1.82, 2.24) is 9.38 Å². The van der Waals surface area contributed by atoms with E-state index in [0.717, 1.165) is 0 Å². The molecule has 8 heteroatoms. The fourth-order valence-corrected chi connectivity index (χ4v) is 3.69. The minimum atomic E-state index is -0.467. The molecule has 0 unspecified atom stereocenters. The van der Waals surface area contributed by atoms with Gasteiger partial charge in [0.1, 0.15) is 17.2 Å². The van der Waals surface area contributed by atoms with Crippen molar-refractivity contribution in [2.75, 3.05) is 0 Å². The average Bonchev–Trinajstić information content (AvgIpc) is 3.21. The molecule has 0 atom stereocenters. The lowest BCUT2D eigenvalue weighted by Crippen LogP contribution is -1.95. The van der Waals surface area contributed by atoms with Gasteiger partial charge in [0.15, 0.2) is 11.2 Å². The molecule has 128 valence electrons. The number of halogens is 1. The first-order chi connectivity index (χ1) is 12.6. The zero-order valence-electron chi connectivity index (χ0n) is 13.1. The Bertz CT molecular complexity index is 1150. The zero-order valence-corrected chi connectivity index (χ0v) is 13.9. The van der Waals surface area contributed by atoms with Crippen molar-refractivity contribution in [3.63, 3.8) is 0 Å². The van der Waals surface area contributed by atoms with Gasteiger partial charge in [0.25, 0.3) is 5.69 Å². The molecule has 4 rings (SSSR count). The summed E-state index contributed by atoms with van der Waals surface area (Å²) in [4.78, 5) is 27.4. The summed E-state index contributed by atoms with van der Waals surface area (Å²) in [7, 11) is 0. The third-order valence-corrected chi connectivity index (χ3v) is 4.81. The molecule has 0 saturated carbocycles. The summed E-state index contributed by atoms with van der Waals surface area (Å²) < 4.78 is 14.8. The normalized spacial score (nSPS) is 11.0. The molecule has 2 aromatic heterocycles. The highest BCUT2D eigenvalue weighted by atomic mass is 32.1. The molecule has 2 heterocycles. The number of aromatic nitrogens is 2. The molecule has 0 spiro atoms. The van der Waals surface area contributed by atoms with Crippen LogP contribution in [0.5, 0.6) is 0 Å². The van der Waals surface area contributed by atoms with Crippen LogP contribution in [0.25, 0.3) is 27.5 Å². The number of hydrogen-bond acceptors (Lipinski definition) is 5. The molecule has 0 fully saturated rings. The highest BCUT2D eigenvalue weighted by Gasteiger charge is 2.19. The van der Waals surface area contributed by atoms with Gasteiger partial charge in [-0.1, -0.05) is 12.1 Å². The third-order valence-electron chi connectivity index (χ3n) is 3.98. The largest absolute Gasteiger partial charge is 0.296 e. The molecule has 0 N–H and O–H groups in total. The van der Waals surface area contributed by atoms with E-state index < -0.39 is 4.92 Å². The molecule has 4 aromatic rings. The Hall–Kier alpha value is -3.39. The molecule has 0 aliphatic carbocycles. The summed E-state index contributed by atoms with van der Waals surface area (Å²) >= 11 is 1.32. The summed E-state index contributed by atoms with van der Waals surface area (Å²) in [5, 5.41) is 12.8. The third kappa shape index (κ3) is 2.56. The van der Waals surface area contributed by atoms with Gasteiger partial charge in [0.2, 0.25) is 0 Å². The minimum absolute atomic E-state index is 0.0339. The quantitative estimate of drug-likeness (QED) is 0.300. The van der Waals surface area contributed by atoms with Gasteiger partial charge in [0.05, 0.1) is 10.6 Å². The van der Waals surface area contributed by atoms with Crippen LogP contribution in [0, 0.1) is 15.9 Å². The van der Waals surface area contributed by atoms with Gasteiger partial charge in [-0.05, 0) is 24.3 Å². The molecular formula is C18H10FN3O3S. The molecular weight excluding hydrogens is 357 g/mol. The average molecular weight is 367 g/mol. The van der Waals surface area contributed by atoms with Crippen LogP contribution in [0.15, 0.2) is 53.9 Å². The van der Waals surface area contributed by atoms with Crippen LogP contribution in [0.3, 0.4) is 0 Å². The Labute approximate surface area is 150 Å². The number of carbonyl (C=O) groups excluding carboxylic acids is 1. The molecule has 0 aliphatic heterocycles. The van der Waals surface area contributed by atoms with Gasteiger partial charge in [-0.3, -0.25) is 19.3 Å². The van der Waals surface area contributed by atoms with Crippen LogP contribution in [0.4, 0.5) is 10.1 Å². The number of thiazole rings is 1. The van der Waals surface area contributed by atoms with Crippen molar-refractivity contribution in [2.45, 2.75) is 0 Å². The van der Waals surface area contributed by atoms with Gasteiger partial charge >= 0.3 is 0 Å². The summed E-state index contributed by atoms with van der Waals surface area (Å²) in [6, 6.07) is 11.9. The summed E-state index contributed by atoms with van der Waals surface area (Å²) in [6.07, 6.45) is 0.687. The van der Waals surface area contributed by atoms with Crippen molar-refractivity contribution in [3.8, 4) is 22.5 Å². The van der Waals surface area contributed by atoms with Crippen LogP contribution in [-0.2, 0) is 0 Å². The summed E-state index contributed by atoms with van der Waals surface area (Å²) in [5.74, 6) is -0.375. The minimum Gasteiger partial charge on any atom is -0.296 e. The highest BCUT2D eigenvalue weighted by molar-refractivity contribution is 7.15. The number of aldehydes is 1. The highest BCUT2D eigenvalue weighted by Crippen LogP contribution is 2.33. The smallest absolute Gasteiger partial charge is 0.270 e. The van der Waals surface area contributed by atoms with E-state index in [1.54, 1.807) is 34.0 Å². The van der Waals surface area contributed by atoms with E-state index in [-0.39, 0.29) is 11.5 Å². The topological polar surface area (TPSA) is 77.5 Å². The Balaban J connectivity index is 1.93. The summed E-state index contributed by atoms with van der Waals surface area (Å²) in [5.41, 5.74) is 2.59. The first-order valence-corrected chi connectivity index (χ1v) is 8.42. The monoisotopic (exact) mass is 367 g/mol. The van der Waals surface area contributed by atoms with E-state index in [9.17, 15) is 19.3 Å². The number of hydrogen-bond donors (Lipinski definition) is 0. The number of nitro benzene ring substituents is 1. The summed E-state index contributed by atoms with van der Waals surface area (Å²) in [6.45, 7) is 0. The van der Waals surface area contributed by atoms with Crippen LogP contribution in [-0.4, -0.2) is 20.6 Å². The van der Waals surface area contributed by atoms with Crippen molar-refractivity contribution in [2.24, 2.45) is 0 Å². The lowest BCUT2D eigenvalue weighted by Gasteiger charge is -2.03. The van der Waals surface area contributed by atoms with Gasteiger partial charge in [-0.25, -0.2) is 9.37 Å². The maximum absolute atomic E-state index is 13.2. The zero-order chi connectivity index (χ0) is 18.3.